The largest absolute Gasteiger partial charge is 0.288 e. The van der Waals surface area contributed by atoms with Crippen LogP contribution in [0, 0.1) is 17.0 Å². The van der Waals surface area contributed by atoms with Crippen molar-refractivity contribution >= 4 is 28.9 Å². The molecule has 2 aromatic rings. The molecule has 0 amide bonds. The summed E-state index contributed by atoms with van der Waals surface area (Å²) in [5.41, 5.74) is 1.24. The third-order valence-electron chi connectivity index (χ3n) is 3.17. The standard InChI is InChI=1S/C17H18N2O3S/c1-11-15(23-16(18-11)17(2,3)4)14(20)9-8-12-6-5-7-13(10-12)19(21)22/h5-10H,1-4H3/b9-8+. The predicted octanol–water partition coefficient (Wildman–Crippen LogP) is 4.55. The molecular weight excluding hydrogens is 312 g/mol. The number of hydrogen-bond donors (Lipinski definition) is 0. The van der Waals surface area contributed by atoms with Gasteiger partial charge in [-0.1, -0.05) is 39.0 Å². The summed E-state index contributed by atoms with van der Waals surface area (Å²) in [6, 6.07) is 6.17. The van der Waals surface area contributed by atoms with E-state index >= 15 is 0 Å². The Morgan fingerprint density at radius 3 is 2.61 bits per heavy atom. The Morgan fingerprint density at radius 2 is 2.04 bits per heavy atom. The summed E-state index contributed by atoms with van der Waals surface area (Å²) in [6.07, 6.45) is 3.03. The Bertz CT molecular complexity index is 785. The summed E-state index contributed by atoms with van der Waals surface area (Å²) in [7, 11) is 0. The number of thiazole rings is 1. The van der Waals surface area contributed by atoms with E-state index in [2.05, 4.69) is 25.8 Å². The predicted molar refractivity (Wildman–Crippen MR) is 92.0 cm³/mol. The second-order valence-electron chi connectivity index (χ2n) is 6.23. The van der Waals surface area contributed by atoms with Crippen molar-refractivity contribution in [3.63, 3.8) is 0 Å². The van der Waals surface area contributed by atoms with Gasteiger partial charge in [-0.2, -0.15) is 0 Å². The number of aryl methyl sites for hydroxylation is 1. The second-order valence-corrected chi connectivity index (χ2v) is 7.23. The number of aromatic nitrogens is 1. The lowest BCUT2D eigenvalue weighted by atomic mass is 9.98. The van der Waals surface area contributed by atoms with Gasteiger partial charge in [-0.05, 0) is 18.6 Å². The molecule has 0 fully saturated rings. The van der Waals surface area contributed by atoms with Crippen LogP contribution < -0.4 is 0 Å². The SMILES string of the molecule is Cc1nc(C(C)(C)C)sc1C(=O)/C=C/c1cccc([N+](=O)[O-])c1. The maximum absolute atomic E-state index is 12.3. The van der Waals surface area contributed by atoms with Crippen LogP contribution in [-0.2, 0) is 5.41 Å². The summed E-state index contributed by atoms with van der Waals surface area (Å²) in [5.74, 6) is -0.137. The van der Waals surface area contributed by atoms with E-state index in [1.165, 1.54) is 29.5 Å². The van der Waals surface area contributed by atoms with E-state index in [0.717, 1.165) is 5.01 Å². The number of ketones is 1. The number of non-ortho nitro benzene ring substituents is 1. The smallest absolute Gasteiger partial charge is 0.270 e. The molecule has 2 rings (SSSR count). The number of allylic oxidation sites excluding steroid dienone is 1. The molecule has 0 aliphatic carbocycles. The zero-order valence-corrected chi connectivity index (χ0v) is 14.3. The summed E-state index contributed by atoms with van der Waals surface area (Å²) in [5, 5.41) is 11.7. The highest BCUT2D eigenvalue weighted by Crippen LogP contribution is 2.29. The quantitative estimate of drug-likeness (QED) is 0.357. The molecule has 1 aromatic carbocycles. The number of nitro groups is 1. The van der Waals surface area contributed by atoms with Crippen LogP contribution in [0.15, 0.2) is 30.3 Å². The first kappa shape index (κ1) is 17.0. The Labute approximate surface area is 138 Å². The Balaban J connectivity index is 2.24. The lowest BCUT2D eigenvalue weighted by molar-refractivity contribution is -0.384. The molecule has 23 heavy (non-hydrogen) atoms. The average Bonchev–Trinajstić information content (AvgIpc) is 2.87. The third-order valence-corrected chi connectivity index (χ3v) is 4.77. The monoisotopic (exact) mass is 330 g/mol. The van der Waals surface area contributed by atoms with Gasteiger partial charge in [0, 0.05) is 17.5 Å². The summed E-state index contributed by atoms with van der Waals surface area (Å²) in [6.45, 7) is 7.98. The fourth-order valence-electron chi connectivity index (χ4n) is 1.94. The van der Waals surface area contributed by atoms with Crippen LogP contribution in [-0.4, -0.2) is 15.7 Å². The molecule has 5 nitrogen and oxygen atoms in total. The number of hydrogen-bond acceptors (Lipinski definition) is 5. The summed E-state index contributed by atoms with van der Waals surface area (Å²) in [4.78, 5) is 27.7. The lowest BCUT2D eigenvalue weighted by Crippen LogP contribution is -2.10. The van der Waals surface area contributed by atoms with Gasteiger partial charge in [0.2, 0.25) is 0 Å². The lowest BCUT2D eigenvalue weighted by Gasteiger charge is -2.13. The van der Waals surface area contributed by atoms with E-state index in [0.29, 0.717) is 16.1 Å². The van der Waals surface area contributed by atoms with Crippen molar-refractivity contribution in [2.75, 3.05) is 0 Å². The zero-order chi connectivity index (χ0) is 17.2. The van der Waals surface area contributed by atoms with Crippen LogP contribution >= 0.6 is 11.3 Å². The first-order chi connectivity index (χ1) is 10.7. The number of nitrogens with zero attached hydrogens (tertiary/aromatic N) is 2. The van der Waals surface area contributed by atoms with Crippen LogP contribution in [0.25, 0.3) is 6.08 Å². The van der Waals surface area contributed by atoms with E-state index in [9.17, 15) is 14.9 Å². The number of carbonyl (C=O) groups excluding carboxylic acids is 1. The molecule has 0 aliphatic rings. The maximum atomic E-state index is 12.3. The van der Waals surface area contributed by atoms with E-state index < -0.39 is 4.92 Å². The van der Waals surface area contributed by atoms with Gasteiger partial charge in [-0.25, -0.2) is 4.98 Å². The van der Waals surface area contributed by atoms with E-state index in [4.69, 9.17) is 0 Å². The van der Waals surface area contributed by atoms with Gasteiger partial charge < -0.3 is 0 Å². The molecule has 0 unspecified atom stereocenters. The van der Waals surface area contributed by atoms with Crippen LogP contribution in [0.5, 0.6) is 0 Å². The molecule has 0 bridgehead atoms. The Morgan fingerprint density at radius 1 is 1.35 bits per heavy atom. The fourth-order valence-corrected chi connectivity index (χ4v) is 2.98. The van der Waals surface area contributed by atoms with Crippen LogP contribution in [0.4, 0.5) is 5.69 Å². The molecule has 0 aliphatic heterocycles. The molecule has 0 saturated carbocycles. The molecule has 0 spiro atoms. The maximum Gasteiger partial charge on any atom is 0.270 e. The number of carbonyl (C=O) groups is 1. The molecule has 0 radical (unpaired) electrons. The molecule has 0 atom stereocenters. The van der Waals surface area contributed by atoms with E-state index in [1.54, 1.807) is 18.2 Å². The van der Waals surface area contributed by atoms with Gasteiger partial charge in [0.15, 0.2) is 5.78 Å². The third kappa shape index (κ3) is 4.10. The highest BCUT2D eigenvalue weighted by atomic mass is 32.1. The molecule has 6 heteroatoms. The van der Waals surface area contributed by atoms with Gasteiger partial charge in [0.05, 0.1) is 20.5 Å². The molecular formula is C17H18N2O3S. The van der Waals surface area contributed by atoms with Crippen LogP contribution in [0.2, 0.25) is 0 Å². The molecule has 1 heterocycles. The van der Waals surface area contributed by atoms with Crippen molar-refractivity contribution in [2.24, 2.45) is 0 Å². The van der Waals surface area contributed by atoms with Gasteiger partial charge in [-0.15, -0.1) is 11.3 Å². The van der Waals surface area contributed by atoms with Crippen molar-refractivity contribution in [3.8, 4) is 0 Å². The first-order valence-electron chi connectivity index (χ1n) is 7.13. The van der Waals surface area contributed by atoms with Crippen molar-refractivity contribution in [1.29, 1.82) is 0 Å². The summed E-state index contributed by atoms with van der Waals surface area (Å²) >= 11 is 1.40. The highest BCUT2D eigenvalue weighted by molar-refractivity contribution is 7.14. The van der Waals surface area contributed by atoms with E-state index in [1.807, 2.05) is 6.92 Å². The molecule has 0 N–H and O–H groups in total. The second kappa shape index (κ2) is 6.42. The van der Waals surface area contributed by atoms with Gasteiger partial charge in [0.25, 0.3) is 5.69 Å². The molecule has 0 saturated heterocycles. The molecule has 120 valence electrons. The first-order valence-corrected chi connectivity index (χ1v) is 7.95. The topological polar surface area (TPSA) is 73.1 Å². The van der Waals surface area contributed by atoms with Crippen molar-refractivity contribution in [3.05, 3.63) is 61.6 Å². The van der Waals surface area contributed by atoms with Crippen molar-refractivity contribution in [2.45, 2.75) is 33.1 Å². The van der Waals surface area contributed by atoms with Gasteiger partial charge in [0.1, 0.15) is 0 Å². The zero-order valence-electron chi connectivity index (χ0n) is 13.5. The number of rotatable bonds is 4. The van der Waals surface area contributed by atoms with Gasteiger partial charge >= 0.3 is 0 Å². The minimum absolute atomic E-state index is 0.00332. The fraction of sp³-hybridized carbons (Fsp3) is 0.294. The van der Waals surface area contributed by atoms with Crippen LogP contribution in [0.1, 0.15) is 46.7 Å². The van der Waals surface area contributed by atoms with E-state index in [-0.39, 0.29) is 16.9 Å². The normalized spacial score (nSPS) is 11.8. The minimum Gasteiger partial charge on any atom is -0.288 e. The number of benzene rings is 1. The highest BCUT2D eigenvalue weighted by Gasteiger charge is 2.22. The molecule has 1 aromatic heterocycles. The Kier molecular flexibility index (Phi) is 4.75. The number of nitro benzene ring substituents is 1. The van der Waals surface area contributed by atoms with Crippen molar-refractivity contribution < 1.29 is 9.72 Å². The Hall–Kier alpha value is -2.34. The average molecular weight is 330 g/mol. The van der Waals surface area contributed by atoms with Crippen molar-refractivity contribution in [1.82, 2.24) is 4.98 Å². The summed E-state index contributed by atoms with van der Waals surface area (Å²) < 4.78 is 0. The van der Waals surface area contributed by atoms with Gasteiger partial charge in [-0.3, -0.25) is 14.9 Å². The van der Waals surface area contributed by atoms with Crippen LogP contribution in [0.3, 0.4) is 0 Å². The minimum atomic E-state index is -0.456.